The number of nitrogens with one attached hydrogen (secondary N) is 2. The molecule has 0 amide bonds. The number of methoxy groups -OCH3 is 1. The number of aryl methyl sites for hydroxylation is 1. The summed E-state index contributed by atoms with van der Waals surface area (Å²) in [6.07, 6.45) is 4.26. The van der Waals surface area contributed by atoms with Crippen molar-refractivity contribution in [2.24, 2.45) is 4.99 Å². The molecule has 0 spiro atoms. The maximum atomic E-state index is 6.05. The average Bonchev–Trinajstić information content (AvgIpc) is 3.40. The fourth-order valence-corrected chi connectivity index (χ4v) is 4.03. The van der Waals surface area contributed by atoms with Gasteiger partial charge in [-0.3, -0.25) is 4.99 Å². The van der Waals surface area contributed by atoms with E-state index in [1.807, 2.05) is 16.8 Å². The van der Waals surface area contributed by atoms with Crippen LogP contribution in [0.2, 0.25) is 5.02 Å². The Morgan fingerprint density at radius 1 is 1.33 bits per heavy atom. The van der Waals surface area contributed by atoms with Crippen LogP contribution in [-0.2, 0) is 29.7 Å². The van der Waals surface area contributed by atoms with Gasteiger partial charge in [0.05, 0.1) is 13.1 Å². The molecule has 9 heteroatoms. The number of halogens is 2. The highest BCUT2D eigenvalue weighted by atomic mass is 127. The van der Waals surface area contributed by atoms with Crippen LogP contribution in [0.25, 0.3) is 0 Å². The van der Waals surface area contributed by atoms with Crippen LogP contribution in [0.1, 0.15) is 43.4 Å². The molecule has 1 atom stereocenters. The smallest absolute Gasteiger partial charge is 0.191 e. The summed E-state index contributed by atoms with van der Waals surface area (Å²) in [5, 5.41) is 12.3. The Morgan fingerprint density at radius 3 is 2.77 bits per heavy atom. The molecule has 1 aliphatic heterocycles. The molecule has 1 aliphatic carbocycles. The molecule has 1 aromatic carbocycles. The summed E-state index contributed by atoms with van der Waals surface area (Å²) in [6.45, 7) is 4.95. The molecule has 0 saturated heterocycles. The lowest BCUT2D eigenvalue weighted by Crippen LogP contribution is -2.47. The Labute approximate surface area is 200 Å². The van der Waals surface area contributed by atoms with Crippen molar-refractivity contribution in [1.82, 2.24) is 25.4 Å². The number of guanidine groups is 1. The Bertz CT molecular complexity index is 865. The first kappa shape index (κ1) is 23.3. The molecule has 0 bridgehead atoms. The van der Waals surface area contributed by atoms with E-state index in [0.717, 1.165) is 55.1 Å². The number of hydrogen-bond acceptors (Lipinski definition) is 4. The van der Waals surface area contributed by atoms with Gasteiger partial charge in [-0.15, -0.1) is 24.0 Å². The zero-order valence-electron chi connectivity index (χ0n) is 17.5. The molecule has 164 valence electrons. The predicted octanol–water partition coefficient (Wildman–Crippen LogP) is 3.30. The van der Waals surface area contributed by atoms with Gasteiger partial charge in [-0.2, -0.15) is 5.10 Å². The zero-order chi connectivity index (χ0) is 20.3. The molecular weight excluding hydrogens is 515 g/mol. The number of benzene rings is 1. The van der Waals surface area contributed by atoms with Crippen LogP contribution in [0.5, 0.6) is 0 Å². The second kappa shape index (κ2) is 10.3. The standard InChI is InChI=1S/C21H29ClN6O.HI/c1-3-23-20(24-14-21(10-11-21)15-4-6-16(22)7-5-15)25-17-8-9-19-26-18(13-29-2)27-28(19)12-17;/h4-7,17H,3,8-14H2,1-2H3,(H2,23,24,25);1H. The second-order valence-electron chi connectivity index (χ2n) is 7.92. The normalized spacial score (nSPS) is 19.6. The summed E-state index contributed by atoms with van der Waals surface area (Å²) in [7, 11) is 1.67. The Kier molecular flexibility index (Phi) is 7.98. The van der Waals surface area contributed by atoms with Gasteiger partial charge in [-0.25, -0.2) is 9.67 Å². The molecular formula is C21H30ClIN6O. The van der Waals surface area contributed by atoms with Crippen LogP contribution in [0, 0.1) is 0 Å². The molecule has 0 radical (unpaired) electrons. The quantitative estimate of drug-likeness (QED) is 0.318. The van der Waals surface area contributed by atoms with Crippen molar-refractivity contribution < 1.29 is 4.74 Å². The van der Waals surface area contributed by atoms with E-state index in [1.54, 1.807) is 7.11 Å². The van der Waals surface area contributed by atoms with E-state index in [4.69, 9.17) is 21.3 Å². The molecule has 2 aliphatic rings. The molecule has 1 aromatic heterocycles. The van der Waals surface area contributed by atoms with E-state index in [9.17, 15) is 0 Å². The van der Waals surface area contributed by atoms with Crippen molar-refractivity contribution in [2.75, 3.05) is 20.2 Å². The third-order valence-electron chi connectivity index (χ3n) is 5.71. The van der Waals surface area contributed by atoms with Crippen molar-refractivity contribution in [1.29, 1.82) is 0 Å². The maximum absolute atomic E-state index is 6.05. The summed E-state index contributed by atoms with van der Waals surface area (Å²) < 4.78 is 7.15. The minimum absolute atomic E-state index is 0. The van der Waals surface area contributed by atoms with Gasteiger partial charge in [-0.1, -0.05) is 23.7 Å². The number of ether oxygens (including phenoxy) is 1. The van der Waals surface area contributed by atoms with Crippen molar-refractivity contribution in [3.05, 3.63) is 46.5 Å². The number of aliphatic imine (C=N–C) groups is 1. The Balaban J connectivity index is 0.00000256. The first-order chi connectivity index (χ1) is 14.1. The van der Waals surface area contributed by atoms with Crippen molar-refractivity contribution >= 4 is 41.5 Å². The number of aromatic nitrogens is 3. The minimum Gasteiger partial charge on any atom is -0.377 e. The number of rotatable bonds is 7. The highest BCUT2D eigenvalue weighted by Gasteiger charge is 2.44. The predicted molar refractivity (Wildman–Crippen MR) is 130 cm³/mol. The highest BCUT2D eigenvalue weighted by molar-refractivity contribution is 14.0. The van der Waals surface area contributed by atoms with E-state index >= 15 is 0 Å². The molecule has 2 N–H and O–H groups in total. The fourth-order valence-electron chi connectivity index (χ4n) is 3.90. The molecule has 4 rings (SSSR count). The zero-order valence-corrected chi connectivity index (χ0v) is 20.6. The summed E-state index contributed by atoms with van der Waals surface area (Å²) in [4.78, 5) is 9.48. The van der Waals surface area contributed by atoms with Crippen molar-refractivity contribution in [3.63, 3.8) is 0 Å². The van der Waals surface area contributed by atoms with Crippen LogP contribution in [0.15, 0.2) is 29.3 Å². The van der Waals surface area contributed by atoms with Crippen molar-refractivity contribution in [2.45, 2.75) is 57.2 Å². The maximum Gasteiger partial charge on any atom is 0.191 e. The van der Waals surface area contributed by atoms with Crippen LogP contribution in [0.3, 0.4) is 0 Å². The largest absolute Gasteiger partial charge is 0.377 e. The molecule has 1 unspecified atom stereocenters. The van der Waals surface area contributed by atoms with Crippen LogP contribution in [-0.4, -0.2) is 47.0 Å². The van der Waals surface area contributed by atoms with Gasteiger partial charge in [0.15, 0.2) is 11.8 Å². The minimum atomic E-state index is 0. The molecule has 1 fully saturated rings. The average molecular weight is 545 g/mol. The topological polar surface area (TPSA) is 76.4 Å². The van der Waals surface area contributed by atoms with Crippen LogP contribution < -0.4 is 10.6 Å². The Morgan fingerprint density at radius 2 is 2.10 bits per heavy atom. The van der Waals surface area contributed by atoms with Crippen molar-refractivity contribution in [3.8, 4) is 0 Å². The van der Waals surface area contributed by atoms with Crippen LogP contribution in [0.4, 0.5) is 0 Å². The van der Waals surface area contributed by atoms with E-state index in [2.05, 4.69) is 39.8 Å². The number of hydrogen-bond donors (Lipinski definition) is 2. The first-order valence-electron chi connectivity index (χ1n) is 10.3. The van der Waals surface area contributed by atoms with Gasteiger partial charge in [0.2, 0.25) is 0 Å². The summed E-state index contributed by atoms with van der Waals surface area (Å²) in [5.74, 6) is 2.66. The highest BCUT2D eigenvalue weighted by Crippen LogP contribution is 2.48. The van der Waals surface area contributed by atoms with E-state index in [-0.39, 0.29) is 35.4 Å². The SMILES string of the molecule is CCNC(=NCC1(c2ccc(Cl)cc2)CC1)NC1CCc2nc(COC)nn2C1.I. The van der Waals surface area contributed by atoms with E-state index in [0.29, 0.717) is 6.61 Å². The van der Waals surface area contributed by atoms with Crippen LogP contribution >= 0.6 is 35.6 Å². The number of fused-ring (bicyclic) bond motifs is 1. The van der Waals surface area contributed by atoms with Gasteiger partial charge < -0.3 is 15.4 Å². The van der Waals surface area contributed by atoms with Gasteiger partial charge >= 0.3 is 0 Å². The van der Waals surface area contributed by atoms with Gasteiger partial charge in [-0.05, 0) is 43.9 Å². The molecule has 2 aromatic rings. The fraction of sp³-hybridized carbons (Fsp3) is 0.571. The van der Waals surface area contributed by atoms with Gasteiger partial charge in [0.25, 0.3) is 0 Å². The monoisotopic (exact) mass is 544 g/mol. The Hall–Kier alpha value is -1.39. The lowest BCUT2D eigenvalue weighted by Gasteiger charge is -2.25. The summed E-state index contributed by atoms with van der Waals surface area (Å²) in [6, 6.07) is 8.49. The lowest BCUT2D eigenvalue weighted by molar-refractivity contribution is 0.177. The number of nitrogens with zero attached hydrogens (tertiary/aromatic N) is 4. The molecule has 7 nitrogen and oxygen atoms in total. The van der Waals surface area contributed by atoms with E-state index < -0.39 is 0 Å². The first-order valence-corrected chi connectivity index (χ1v) is 10.7. The second-order valence-corrected chi connectivity index (χ2v) is 8.36. The van der Waals surface area contributed by atoms with E-state index in [1.165, 1.54) is 18.4 Å². The molecule has 30 heavy (non-hydrogen) atoms. The third kappa shape index (κ3) is 5.45. The molecule has 2 heterocycles. The molecule has 1 saturated carbocycles. The summed E-state index contributed by atoms with van der Waals surface area (Å²) >= 11 is 6.05. The third-order valence-corrected chi connectivity index (χ3v) is 5.96. The van der Waals surface area contributed by atoms with Gasteiger partial charge in [0, 0.05) is 36.6 Å². The lowest BCUT2D eigenvalue weighted by atomic mass is 9.96. The van der Waals surface area contributed by atoms with Gasteiger partial charge in [0.1, 0.15) is 12.4 Å². The summed E-state index contributed by atoms with van der Waals surface area (Å²) in [5.41, 5.74) is 1.49.